The number of aromatic amines is 1. The topological polar surface area (TPSA) is 76.7 Å². The number of nitrogens with one attached hydrogen (secondary N) is 1. The molecule has 6 heteroatoms. The molecule has 0 saturated carbocycles. The highest BCUT2D eigenvalue weighted by Gasteiger charge is 2.10. The zero-order chi connectivity index (χ0) is 9.84. The quantitative estimate of drug-likeness (QED) is 0.675. The first kappa shape index (κ1) is 10.3. The minimum Gasteiger partial charge on any atom is -0.329 e. The molecule has 1 unspecified atom stereocenters. The third kappa shape index (κ3) is 2.35. The van der Waals surface area contributed by atoms with E-state index in [0.717, 1.165) is 0 Å². The van der Waals surface area contributed by atoms with E-state index in [9.17, 15) is 4.79 Å². The molecule has 1 aromatic rings. The number of hydrogen-bond donors (Lipinski definition) is 2. The molecule has 13 heavy (non-hydrogen) atoms. The van der Waals surface area contributed by atoms with Crippen LogP contribution < -0.4 is 11.4 Å². The molecule has 1 heterocycles. The van der Waals surface area contributed by atoms with E-state index in [2.05, 4.69) is 10.2 Å². The Labute approximate surface area is 80.7 Å². The zero-order valence-corrected chi connectivity index (χ0v) is 8.60. The molecule has 1 rings (SSSR count). The second kappa shape index (κ2) is 4.48. The van der Waals surface area contributed by atoms with Crippen molar-refractivity contribution in [3.8, 4) is 0 Å². The maximum absolute atomic E-state index is 11.1. The Morgan fingerprint density at radius 2 is 2.46 bits per heavy atom. The van der Waals surface area contributed by atoms with E-state index in [1.807, 2.05) is 13.8 Å². The van der Waals surface area contributed by atoms with Gasteiger partial charge in [-0.1, -0.05) is 18.7 Å². The highest BCUT2D eigenvalue weighted by Crippen LogP contribution is 2.18. The second-order valence-corrected chi connectivity index (χ2v) is 4.13. The zero-order valence-electron chi connectivity index (χ0n) is 7.78. The van der Waals surface area contributed by atoms with Crippen molar-refractivity contribution >= 4 is 11.8 Å². The second-order valence-electron chi connectivity index (χ2n) is 2.72. The van der Waals surface area contributed by atoms with Gasteiger partial charge in [0.2, 0.25) is 0 Å². The van der Waals surface area contributed by atoms with Crippen LogP contribution in [-0.4, -0.2) is 26.6 Å². The van der Waals surface area contributed by atoms with Crippen molar-refractivity contribution in [2.24, 2.45) is 5.73 Å². The van der Waals surface area contributed by atoms with E-state index in [0.29, 0.717) is 18.2 Å². The Hall–Kier alpha value is -0.750. The Kier molecular flexibility index (Phi) is 3.56. The molecule has 1 atom stereocenters. The molecule has 0 bridgehead atoms. The van der Waals surface area contributed by atoms with E-state index in [4.69, 9.17) is 5.73 Å². The molecule has 1 aromatic heterocycles. The van der Waals surface area contributed by atoms with Gasteiger partial charge in [0.25, 0.3) is 0 Å². The van der Waals surface area contributed by atoms with Gasteiger partial charge in [0, 0.05) is 18.3 Å². The summed E-state index contributed by atoms with van der Waals surface area (Å²) < 4.78 is 1.59. The number of nitrogens with two attached hydrogens (primary N) is 1. The van der Waals surface area contributed by atoms with Gasteiger partial charge in [-0.05, 0) is 6.92 Å². The number of aromatic nitrogens is 3. The summed E-state index contributed by atoms with van der Waals surface area (Å²) in [4.78, 5) is 11.1. The summed E-state index contributed by atoms with van der Waals surface area (Å²) in [6.45, 7) is 5.13. The van der Waals surface area contributed by atoms with Gasteiger partial charge in [-0.2, -0.15) is 0 Å². The minimum atomic E-state index is -0.158. The van der Waals surface area contributed by atoms with Crippen LogP contribution in [0.25, 0.3) is 0 Å². The maximum atomic E-state index is 11.1. The molecule has 0 saturated heterocycles. The molecule has 0 aliphatic rings. The third-order valence-electron chi connectivity index (χ3n) is 1.68. The predicted molar refractivity (Wildman–Crippen MR) is 52.9 cm³/mol. The number of hydrogen-bond acceptors (Lipinski definition) is 4. The average Bonchev–Trinajstić information content (AvgIpc) is 2.46. The summed E-state index contributed by atoms with van der Waals surface area (Å²) in [6.07, 6.45) is 0. The first-order valence-electron chi connectivity index (χ1n) is 4.21. The van der Waals surface area contributed by atoms with Gasteiger partial charge < -0.3 is 5.73 Å². The van der Waals surface area contributed by atoms with Crippen LogP contribution in [0.4, 0.5) is 0 Å². The molecule has 0 spiro atoms. The van der Waals surface area contributed by atoms with Crippen LogP contribution in [0.3, 0.4) is 0 Å². The lowest BCUT2D eigenvalue weighted by Gasteiger charge is -2.06. The fourth-order valence-corrected chi connectivity index (χ4v) is 1.79. The lowest BCUT2D eigenvalue weighted by atomic mass is 10.5. The van der Waals surface area contributed by atoms with Crippen LogP contribution in [0.15, 0.2) is 9.95 Å². The van der Waals surface area contributed by atoms with Gasteiger partial charge in [0.1, 0.15) is 0 Å². The highest BCUT2D eigenvalue weighted by atomic mass is 32.2. The molecule has 5 nitrogen and oxygen atoms in total. The summed E-state index contributed by atoms with van der Waals surface area (Å²) in [5, 5.41) is 7.31. The molecular weight excluding hydrogens is 188 g/mol. The van der Waals surface area contributed by atoms with Crippen molar-refractivity contribution in [1.82, 2.24) is 14.8 Å². The monoisotopic (exact) mass is 202 g/mol. The summed E-state index contributed by atoms with van der Waals surface area (Å²) >= 11 is 1.51. The van der Waals surface area contributed by atoms with Crippen molar-refractivity contribution < 1.29 is 0 Å². The van der Waals surface area contributed by atoms with Crippen molar-refractivity contribution in [1.29, 1.82) is 0 Å². The molecule has 0 fully saturated rings. The molecule has 0 aromatic carbocycles. The molecule has 0 radical (unpaired) electrons. The third-order valence-corrected chi connectivity index (χ3v) is 2.80. The molecular formula is C7H14N4OS. The Morgan fingerprint density at radius 1 is 1.77 bits per heavy atom. The Balaban J connectivity index is 2.82. The van der Waals surface area contributed by atoms with Crippen LogP contribution >= 0.6 is 11.8 Å². The van der Waals surface area contributed by atoms with Crippen molar-refractivity contribution in [3.63, 3.8) is 0 Å². The Bertz CT molecular complexity index is 319. The van der Waals surface area contributed by atoms with E-state index in [1.54, 1.807) is 4.57 Å². The van der Waals surface area contributed by atoms with Crippen LogP contribution in [0, 0.1) is 0 Å². The van der Waals surface area contributed by atoms with Crippen LogP contribution in [0.1, 0.15) is 13.8 Å². The summed E-state index contributed by atoms with van der Waals surface area (Å²) in [5.74, 6) is 0. The molecule has 0 amide bonds. The molecule has 0 aliphatic carbocycles. The summed E-state index contributed by atoms with van der Waals surface area (Å²) in [6, 6.07) is 0. The molecule has 0 aliphatic heterocycles. The number of H-pyrrole nitrogens is 1. The number of nitrogens with zero attached hydrogens (tertiary/aromatic N) is 2. The van der Waals surface area contributed by atoms with E-state index >= 15 is 0 Å². The van der Waals surface area contributed by atoms with Gasteiger partial charge in [0.15, 0.2) is 5.16 Å². The normalized spacial score (nSPS) is 13.2. The van der Waals surface area contributed by atoms with Crippen molar-refractivity contribution in [2.45, 2.75) is 30.8 Å². The fourth-order valence-electron chi connectivity index (χ4n) is 0.900. The SMILES string of the molecule is CCn1c(SC(C)CN)n[nH]c1=O. The summed E-state index contributed by atoms with van der Waals surface area (Å²) in [5.41, 5.74) is 5.31. The van der Waals surface area contributed by atoms with Crippen LogP contribution in [0.5, 0.6) is 0 Å². The van der Waals surface area contributed by atoms with Gasteiger partial charge in [0.05, 0.1) is 0 Å². The first-order chi connectivity index (χ1) is 6.19. The lowest BCUT2D eigenvalue weighted by molar-refractivity contribution is 0.659. The smallest absolute Gasteiger partial charge is 0.329 e. The number of thioether (sulfide) groups is 1. The van der Waals surface area contributed by atoms with E-state index < -0.39 is 0 Å². The van der Waals surface area contributed by atoms with Gasteiger partial charge >= 0.3 is 5.69 Å². The minimum absolute atomic E-state index is 0.158. The van der Waals surface area contributed by atoms with Gasteiger partial charge in [-0.15, -0.1) is 5.10 Å². The van der Waals surface area contributed by atoms with Gasteiger partial charge in [-0.3, -0.25) is 4.57 Å². The average molecular weight is 202 g/mol. The lowest BCUT2D eigenvalue weighted by Crippen LogP contribution is -2.18. The standard InChI is InChI=1S/C7H14N4OS/c1-3-11-6(12)9-10-7(11)13-5(2)4-8/h5H,3-4,8H2,1-2H3,(H,9,12). The van der Waals surface area contributed by atoms with Crippen LogP contribution in [0.2, 0.25) is 0 Å². The van der Waals surface area contributed by atoms with E-state index in [-0.39, 0.29) is 10.9 Å². The first-order valence-corrected chi connectivity index (χ1v) is 5.09. The largest absolute Gasteiger partial charge is 0.343 e. The Morgan fingerprint density at radius 3 is 3.00 bits per heavy atom. The van der Waals surface area contributed by atoms with Crippen molar-refractivity contribution in [2.75, 3.05) is 6.54 Å². The van der Waals surface area contributed by atoms with Crippen LogP contribution in [-0.2, 0) is 6.54 Å². The molecule has 74 valence electrons. The summed E-state index contributed by atoms with van der Waals surface area (Å²) in [7, 11) is 0. The molecule has 3 N–H and O–H groups in total. The maximum Gasteiger partial charge on any atom is 0.343 e. The fraction of sp³-hybridized carbons (Fsp3) is 0.714. The highest BCUT2D eigenvalue weighted by molar-refractivity contribution is 7.99. The number of rotatable bonds is 4. The predicted octanol–water partition coefficient (Wildman–Crippen LogP) is 0.0306. The van der Waals surface area contributed by atoms with Crippen molar-refractivity contribution in [3.05, 3.63) is 10.5 Å². The van der Waals surface area contributed by atoms with E-state index in [1.165, 1.54) is 11.8 Å². The van der Waals surface area contributed by atoms with Gasteiger partial charge in [-0.25, -0.2) is 9.89 Å².